The standard InChI is InChI=1S/C15H19FN2O3/c1-3-9(4-2)18(5-6-19)13-8-12-10(7-11(13)16)14(20)15(21)17-12/h7-9,19H,3-6H2,1-2H3,(H,17,20,21). The molecule has 1 aromatic carbocycles. The summed E-state index contributed by atoms with van der Waals surface area (Å²) in [6, 6.07) is 2.65. The Morgan fingerprint density at radius 3 is 2.52 bits per heavy atom. The highest BCUT2D eigenvalue weighted by atomic mass is 19.1. The fourth-order valence-corrected chi connectivity index (χ4v) is 2.71. The second kappa shape index (κ2) is 6.22. The van der Waals surface area contributed by atoms with E-state index in [9.17, 15) is 19.1 Å². The molecule has 0 fully saturated rings. The number of aliphatic hydroxyl groups excluding tert-OH is 1. The van der Waals surface area contributed by atoms with E-state index in [1.807, 2.05) is 13.8 Å². The van der Waals surface area contributed by atoms with Crippen molar-refractivity contribution in [3.05, 3.63) is 23.5 Å². The molecule has 1 heterocycles. The van der Waals surface area contributed by atoms with Gasteiger partial charge >= 0.3 is 0 Å². The van der Waals surface area contributed by atoms with Crippen LogP contribution >= 0.6 is 0 Å². The van der Waals surface area contributed by atoms with Crippen molar-refractivity contribution >= 4 is 23.1 Å². The van der Waals surface area contributed by atoms with Crippen molar-refractivity contribution in [3.63, 3.8) is 0 Å². The number of anilines is 2. The lowest BCUT2D eigenvalue weighted by Gasteiger charge is -2.32. The Hall–Kier alpha value is -1.95. The van der Waals surface area contributed by atoms with Gasteiger partial charge in [0.05, 0.1) is 23.5 Å². The molecule has 0 spiro atoms. The number of ketones is 1. The zero-order valence-electron chi connectivity index (χ0n) is 12.1. The first-order valence-corrected chi connectivity index (χ1v) is 7.10. The summed E-state index contributed by atoms with van der Waals surface area (Å²) < 4.78 is 14.3. The van der Waals surface area contributed by atoms with E-state index in [1.54, 1.807) is 4.90 Å². The van der Waals surface area contributed by atoms with Crippen LogP contribution in [-0.4, -0.2) is 36.0 Å². The minimum atomic E-state index is -0.738. The predicted octanol–water partition coefficient (Wildman–Crippen LogP) is 1.95. The van der Waals surface area contributed by atoms with Crippen LogP contribution < -0.4 is 10.2 Å². The molecule has 2 N–H and O–H groups in total. The first-order chi connectivity index (χ1) is 10.0. The van der Waals surface area contributed by atoms with E-state index in [1.165, 1.54) is 6.07 Å². The molecule has 2 rings (SSSR count). The summed E-state index contributed by atoms with van der Waals surface area (Å²) in [5, 5.41) is 11.7. The molecule has 0 saturated carbocycles. The Morgan fingerprint density at radius 2 is 1.95 bits per heavy atom. The highest BCUT2D eigenvalue weighted by Gasteiger charge is 2.31. The molecule has 0 aromatic heterocycles. The molecule has 21 heavy (non-hydrogen) atoms. The maximum absolute atomic E-state index is 14.3. The lowest BCUT2D eigenvalue weighted by atomic mass is 10.1. The van der Waals surface area contributed by atoms with Gasteiger partial charge in [0.1, 0.15) is 5.82 Å². The topological polar surface area (TPSA) is 69.6 Å². The van der Waals surface area contributed by atoms with Crippen molar-refractivity contribution in [1.82, 2.24) is 0 Å². The SMILES string of the molecule is CCC(CC)N(CCO)c1cc2c(cc1F)C(=O)C(=O)N2. The molecule has 1 aliphatic rings. The van der Waals surface area contributed by atoms with Crippen LogP contribution in [0.1, 0.15) is 37.0 Å². The van der Waals surface area contributed by atoms with Gasteiger partial charge in [-0.25, -0.2) is 4.39 Å². The fourth-order valence-electron chi connectivity index (χ4n) is 2.71. The van der Waals surface area contributed by atoms with Crippen LogP contribution in [0, 0.1) is 5.82 Å². The lowest BCUT2D eigenvalue weighted by Crippen LogP contribution is -2.37. The van der Waals surface area contributed by atoms with E-state index in [-0.39, 0.29) is 18.2 Å². The highest BCUT2D eigenvalue weighted by molar-refractivity contribution is 6.51. The van der Waals surface area contributed by atoms with Crippen LogP contribution in [0.2, 0.25) is 0 Å². The zero-order chi connectivity index (χ0) is 15.6. The third-order valence-corrected chi connectivity index (χ3v) is 3.82. The second-order valence-electron chi connectivity index (χ2n) is 5.02. The number of halogens is 1. The molecule has 0 atom stereocenters. The molecular weight excluding hydrogens is 275 g/mol. The molecule has 0 aliphatic carbocycles. The van der Waals surface area contributed by atoms with E-state index in [2.05, 4.69) is 5.32 Å². The van der Waals surface area contributed by atoms with Crippen LogP contribution in [0.4, 0.5) is 15.8 Å². The summed E-state index contributed by atoms with van der Waals surface area (Å²) >= 11 is 0. The molecule has 6 heteroatoms. The van der Waals surface area contributed by atoms with Gasteiger partial charge in [-0.15, -0.1) is 0 Å². The Labute approximate surface area is 122 Å². The Bertz CT molecular complexity index is 570. The molecule has 0 unspecified atom stereocenters. The lowest BCUT2D eigenvalue weighted by molar-refractivity contribution is -0.112. The van der Waals surface area contributed by atoms with E-state index < -0.39 is 17.5 Å². The average molecular weight is 294 g/mol. The quantitative estimate of drug-likeness (QED) is 0.787. The van der Waals surface area contributed by atoms with E-state index in [0.29, 0.717) is 17.9 Å². The van der Waals surface area contributed by atoms with Gasteiger partial charge < -0.3 is 15.3 Å². The number of fused-ring (bicyclic) bond motifs is 1. The minimum Gasteiger partial charge on any atom is -0.395 e. The number of carbonyl (C=O) groups is 2. The normalized spacial score (nSPS) is 13.6. The van der Waals surface area contributed by atoms with Crippen molar-refractivity contribution < 1.29 is 19.1 Å². The Morgan fingerprint density at radius 1 is 1.29 bits per heavy atom. The molecule has 1 amide bonds. The monoisotopic (exact) mass is 294 g/mol. The summed E-state index contributed by atoms with van der Waals surface area (Å²) in [4.78, 5) is 24.7. The third-order valence-electron chi connectivity index (χ3n) is 3.82. The fraction of sp³-hybridized carbons (Fsp3) is 0.467. The highest BCUT2D eigenvalue weighted by Crippen LogP contribution is 2.32. The zero-order valence-corrected chi connectivity index (χ0v) is 12.1. The Kier molecular flexibility index (Phi) is 4.57. The summed E-state index contributed by atoms with van der Waals surface area (Å²) in [6.07, 6.45) is 1.61. The van der Waals surface area contributed by atoms with E-state index in [0.717, 1.165) is 18.9 Å². The number of carbonyl (C=O) groups excluding carboxylic acids is 2. The van der Waals surface area contributed by atoms with Crippen molar-refractivity contribution in [1.29, 1.82) is 0 Å². The van der Waals surface area contributed by atoms with Gasteiger partial charge in [-0.2, -0.15) is 0 Å². The van der Waals surface area contributed by atoms with Crippen molar-refractivity contribution in [3.8, 4) is 0 Å². The number of hydrogen-bond donors (Lipinski definition) is 2. The largest absolute Gasteiger partial charge is 0.395 e. The molecule has 0 bridgehead atoms. The number of nitrogens with one attached hydrogen (secondary N) is 1. The van der Waals surface area contributed by atoms with Gasteiger partial charge in [-0.3, -0.25) is 9.59 Å². The number of nitrogens with zero attached hydrogens (tertiary/aromatic N) is 1. The number of Topliss-reactive ketones (excluding diaryl/α,β-unsaturated/α-hetero) is 1. The summed E-state index contributed by atoms with van der Waals surface area (Å²) in [6.45, 7) is 4.19. The number of hydrogen-bond acceptors (Lipinski definition) is 4. The van der Waals surface area contributed by atoms with Crippen LogP contribution in [0.25, 0.3) is 0 Å². The van der Waals surface area contributed by atoms with Crippen LogP contribution in [0.15, 0.2) is 12.1 Å². The maximum Gasteiger partial charge on any atom is 0.296 e. The molecule has 114 valence electrons. The summed E-state index contributed by atoms with van der Waals surface area (Å²) in [7, 11) is 0. The van der Waals surface area contributed by atoms with Crippen molar-refractivity contribution in [2.24, 2.45) is 0 Å². The van der Waals surface area contributed by atoms with Gasteiger partial charge in [-0.1, -0.05) is 13.8 Å². The summed E-state index contributed by atoms with van der Waals surface area (Å²) in [5.74, 6) is -2.01. The van der Waals surface area contributed by atoms with Gasteiger partial charge in [0.25, 0.3) is 11.7 Å². The van der Waals surface area contributed by atoms with Crippen molar-refractivity contribution in [2.75, 3.05) is 23.4 Å². The molecule has 5 nitrogen and oxygen atoms in total. The molecular formula is C15H19FN2O3. The van der Waals surface area contributed by atoms with Crippen molar-refractivity contribution in [2.45, 2.75) is 32.7 Å². The van der Waals surface area contributed by atoms with Crippen LogP contribution in [0.5, 0.6) is 0 Å². The van der Waals surface area contributed by atoms with E-state index >= 15 is 0 Å². The number of amides is 1. The van der Waals surface area contributed by atoms with Gasteiger partial charge in [0, 0.05) is 12.6 Å². The number of benzene rings is 1. The molecule has 0 radical (unpaired) electrons. The average Bonchev–Trinajstić information content (AvgIpc) is 2.74. The first-order valence-electron chi connectivity index (χ1n) is 7.10. The second-order valence-corrected chi connectivity index (χ2v) is 5.02. The smallest absolute Gasteiger partial charge is 0.296 e. The first kappa shape index (κ1) is 15.4. The third kappa shape index (κ3) is 2.76. The predicted molar refractivity (Wildman–Crippen MR) is 78.2 cm³/mol. The maximum atomic E-state index is 14.3. The molecule has 0 saturated heterocycles. The van der Waals surface area contributed by atoms with Crippen LogP contribution in [0.3, 0.4) is 0 Å². The van der Waals surface area contributed by atoms with E-state index in [4.69, 9.17) is 0 Å². The summed E-state index contributed by atoms with van der Waals surface area (Å²) in [5.41, 5.74) is 0.691. The number of aliphatic hydroxyl groups is 1. The molecule has 1 aliphatic heterocycles. The number of rotatable bonds is 6. The Balaban J connectivity index is 2.45. The van der Waals surface area contributed by atoms with Gasteiger partial charge in [0.2, 0.25) is 0 Å². The molecule has 1 aromatic rings. The minimum absolute atomic E-state index is 0.0646. The van der Waals surface area contributed by atoms with Crippen LogP contribution in [-0.2, 0) is 4.79 Å². The van der Waals surface area contributed by atoms with Gasteiger partial charge in [-0.05, 0) is 25.0 Å². The van der Waals surface area contributed by atoms with Gasteiger partial charge in [0.15, 0.2) is 0 Å².